The van der Waals surface area contributed by atoms with Crippen LogP contribution in [0.25, 0.3) is 0 Å². The van der Waals surface area contributed by atoms with E-state index in [1.165, 1.54) is 0 Å². The average Bonchev–Trinajstić information content (AvgIpc) is 3.21. The Morgan fingerprint density at radius 3 is 1.35 bits per heavy atom. The van der Waals surface area contributed by atoms with Crippen LogP contribution in [-0.2, 0) is 23.9 Å². The predicted molar refractivity (Wildman–Crippen MR) is 80.6 cm³/mol. The number of Topliss-reactive ketones (excluding diaryl/α,β-unsaturated/α-hetero) is 3. The van der Waals surface area contributed by atoms with Crippen LogP contribution in [0.2, 0.25) is 0 Å². The van der Waals surface area contributed by atoms with Gasteiger partial charge >= 0.3 is 0 Å². The monoisotopic (exact) mass is 320 g/mol. The van der Waals surface area contributed by atoms with Crippen molar-refractivity contribution in [2.45, 2.75) is 57.2 Å². The maximum absolute atomic E-state index is 11.2. The summed E-state index contributed by atoms with van der Waals surface area (Å²) in [5, 5.41) is 0. The number of fused-ring (bicyclic) bond motifs is 2. The minimum atomic E-state index is -0.282. The van der Waals surface area contributed by atoms with Gasteiger partial charge < -0.3 is 9.47 Å². The van der Waals surface area contributed by atoms with Gasteiger partial charge in [0.25, 0.3) is 0 Å². The SMILES string of the molecule is O=C1CC2CC(=O)CC2C1.O=C1C[C@@H]2CC3(C[C@@H]2C1)OCCO3. The molecule has 0 radical (unpaired) electrons. The van der Waals surface area contributed by atoms with Gasteiger partial charge in [-0.2, -0.15) is 0 Å². The van der Waals surface area contributed by atoms with Gasteiger partial charge in [-0.3, -0.25) is 14.4 Å². The van der Waals surface area contributed by atoms with Gasteiger partial charge in [0.05, 0.1) is 13.2 Å². The first kappa shape index (κ1) is 15.5. The lowest BCUT2D eigenvalue weighted by molar-refractivity contribution is -0.156. The Balaban J connectivity index is 0.000000122. The van der Waals surface area contributed by atoms with Crippen molar-refractivity contribution in [2.24, 2.45) is 23.7 Å². The zero-order chi connectivity index (χ0) is 16.0. The highest BCUT2D eigenvalue weighted by Gasteiger charge is 2.52. The molecule has 1 spiro atoms. The minimum absolute atomic E-state index is 0.282. The van der Waals surface area contributed by atoms with E-state index in [1.54, 1.807) is 0 Å². The van der Waals surface area contributed by atoms with Gasteiger partial charge in [0.15, 0.2) is 5.79 Å². The summed E-state index contributed by atoms with van der Waals surface area (Å²) >= 11 is 0. The van der Waals surface area contributed by atoms with E-state index in [4.69, 9.17) is 9.47 Å². The summed E-state index contributed by atoms with van der Waals surface area (Å²) in [6.07, 6.45) is 6.13. The highest BCUT2D eigenvalue weighted by atomic mass is 16.7. The van der Waals surface area contributed by atoms with Crippen LogP contribution in [0.3, 0.4) is 0 Å². The fraction of sp³-hybridized carbons (Fsp3) is 0.833. The summed E-state index contributed by atoms with van der Waals surface area (Å²) < 4.78 is 11.3. The molecule has 1 saturated heterocycles. The van der Waals surface area contributed by atoms with Crippen molar-refractivity contribution < 1.29 is 23.9 Å². The van der Waals surface area contributed by atoms with Crippen LogP contribution < -0.4 is 0 Å². The second-order valence-corrected chi connectivity index (χ2v) is 7.90. The average molecular weight is 320 g/mol. The summed E-state index contributed by atoms with van der Waals surface area (Å²) in [4.78, 5) is 32.9. The standard InChI is InChI=1S/C10H14O3.C8H10O2/c11-9-3-7-5-10(6-8(7)4-9)12-1-2-13-10;9-7-1-5-2-8(10)4-6(5)3-7/h7-8H,1-6H2;5-6H,1-4H2/t7-,8+;. The topological polar surface area (TPSA) is 69.7 Å². The Kier molecular flexibility index (Phi) is 3.88. The van der Waals surface area contributed by atoms with Crippen molar-refractivity contribution in [1.29, 1.82) is 0 Å². The summed E-state index contributed by atoms with van der Waals surface area (Å²) in [7, 11) is 0. The first-order valence-electron chi connectivity index (χ1n) is 8.86. The highest BCUT2D eigenvalue weighted by molar-refractivity contribution is 5.88. The molecule has 5 rings (SSSR count). The largest absolute Gasteiger partial charge is 0.348 e. The lowest BCUT2D eigenvalue weighted by Crippen LogP contribution is -2.27. The van der Waals surface area contributed by atoms with E-state index < -0.39 is 0 Å². The number of rotatable bonds is 0. The predicted octanol–water partition coefficient (Wildman–Crippen LogP) is 2.06. The Bertz CT molecular complexity index is 478. The fourth-order valence-electron chi connectivity index (χ4n) is 5.24. The zero-order valence-corrected chi connectivity index (χ0v) is 13.4. The van der Waals surface area contributed by atoms with Gasteiger partial charge in [0.1, 0.15) is 17.3 Å². The Hall–Kier alpha value is -1.07. The molecule has 0 aromatic carbocycles. The number of hydrogen-bond acceptors (Lipinski definition) is 5. The van der Waals surface area contributed by atoms with Gasteiger partial charge in [-0.05, 0) is 23.7 Å². The smallest absolute Gasteiger partial charge is 0.169 e. The van der Waals surface area contributed by atoms with Crippen LogP contribution in [0, 0.1) is 23.7 Å². The molecule has 5 aliphatic rings. The number of ether oxygens (including phenoxy) is 2. The van der Waals surface area contributed by atoms with Gasteiger partial charge in [-0.25, -0.2) is 0 Å². The minimum Gasteiger partial charge on any atom is -0.348 e. The molecule has 4 saturated carbocycles. The van der Waals surface area contributed by atoms with E-state index in [1.807, 2.05) is 0 Å². The van der Waals surface area contributed by atoms with Crippen LogP contribution in [0.1, 0.15) is 51.4 Å². The molecule has 126 valence electrons. The quantitative estimate of drug-likeness (QED) is 0.683. The Labute approximate surface area is 136 Å². The fourth-order valence-corrected chi connectivity index (χ4v) is 5.24. The van der Waals surface area contributed by atoms with Crippen molar-refractivity contribution >= 4 is 17.3 Å². The molecular weight excluding hydrogens is 296 g/mol. The van der Waals surface area contributed by atoms with E-state index in [0.29, 0.717) is 66.7 Å². The summed E-state index contributed by atoms with van der Waals surface area (Å²) in [6, 6.07) is 0. The molecule has 2 atom stereocenters. The van der Waals surface area contributed by atoms with Crippen molar-refractivity contribution in [3.63, 3.8) is 0 Å². The molecule has 5 fully saturated rings. The third-order valence-corrected chi connectivity index (χ3v) is 6.23. The third-order valence-electron chi connectivity index (χ3n) is 6.23. The van der Waals surface area contributed by atoms with Gasteiger partial charge in [0.2, 0.25) is 0 Å². The number of hydrogen-bond donors (Lipinski definition) is 0. The molecular formula is C18H24O5. The van der Waals surface area contributed by atoms with E-state index in [-0.39, 0.29) is 5.79 Å². The zero-order valence-electron chi connectivity index (χ0n) is 13.4. The molecule has 0 aromatic rings. The number of ketones is 3. The molecule has 1 heterocycles. The van der Waals surface area contributed by atoms with Crippen molar-refractivity contribution in [1.82, 2.24) is 0 Å². The van der Waals surface area contributed by atoms with Crippen molar-refractivity contribution in [3.8, 4) is 0 Å². The molecule has 0 aromatic heterocycles. The van der Waals surface area contributed by atoms with Crippen LogP contribution in [0.4, 0.5) is 0 Å². The van der Waals surface area contributed by atoms with Crippen LogP contribution in [0.15, 0.2) is 0 Å². The first-order valence-corrected chi connectivity index (χ1v) is 8.86. The Morgan fingerprint density at radius 2 is 0.957 bits per heavy atom. The summed E-state index contributed by atoms with van der Waals surface area (Å²) in [5.74, 6) is 2.83. The molecule has 0 amide bonds. The first-order chi connectivity index (χ1) is 11.0. The van der Waals surface area contributed by atoms with E-state index >= 15 is 0 Å². The second-order valence-electron chi connectivity index (χ2n) is 7.90. The maximum atomic E-state index is 11.2. The second kappa shape index (κ2) is 5.78. The molecule has 4 aliphatic carbocycles. The highest BCUT2D eigenvalue weighted by Crippen LogP contribution is 2.50. The summed E-state index contributed by atoms with van der Waals surface area (Å²) in [6.45, 7) is 1.46. The van der Waals surface area contributed by atoms with Crippen LogP contribution in [-0.4, -0.2) is 36.4 Å². The molecule has 5 heteroatoms. The van der Waals surface area contributed by atoms with E-state index in [0.717, 1.165) is 38.9 Å². The van der Waals surface area contributed by atoms with Crippen molar-refractivity contribution in [2.75, 3.05) is 13.2 Å². The third kappa shape index (κ3) is 3.01. The van der Waals surface area contributed by atoms with Crippen LogP contribution in [0.5, 0.6) is 0 Å². The Morgan fingerprint density at radius 1 is 0.609 bits per heavy atom. The molecule has 0 N–H and O–H groups in total. The van der Waals surface area contributed by atoms with Gasteiger partial charge in [-0.1, -0.05) is 0 Å². The number of carbonyl (C=O) groups excluding carboxylic acids is 3. The lowest BCUT2D eigenvalue weighted by Gasteiger charge is -2.22. The normalized spacial score (nSPS) is 40.4. The van der Waals surface area contributed by atoms with E-state index in [2.05, 4.69) is 0 Å². The van der Waals surface area contributed by atoms with Gasteiger partial charge in [0, 0.05) is 51.4 Å². The molecule has 23 heavy (non-hydrogen) atoms. The molecule has 1 aliphatic heterocycles. The molecule has 0 unspecified atom stereocenters. The maximum Gasteiger partial charge on any atom is 0.169 e. The number of carbonyl (C=O) groups is 3. The molecule has 0 bridgehead atoms. The van der Waals surface area contributed by atoms with Crippen LogP contribution >= 0.6 is 0 Å². The summed E-state index contributed by atoms with van der Waals surface area (Å²) in [5.41, 5.74) is 0. The van der Waals surface area contributed by atoms with Gasteiger partial charge in [-0.15, -0.1) is 0 Å². The van der Waals surface area contributed by atoms with E-state index in [9.17, 15) is 14.4 Å². The lowest BCUT2D eigenvalue weighted by atomic mass is 10.0. The van der Waals surface area contributed by atoms with Crippen molar-refractivity contribution in [3.05, 3.63) is 0 Å². The molecule has 5 nitrogen and oxygen atoms in total.